The second-order valence-electron chi connectivity index (χ2n) is 6.87. The Kier molecular flexibility index (Phi) is 5.86. The molecule has 2 heterocycles. The lowest BCUT2D eigenvalue weighted by molar-refractivity contribution is -0.123. The van der Waals surface area contributed by atoms with Crippen LogP contribution in [0.4, 0.5) is 0 Å². The lowest BCUT2D eigenvalue weighted by Gasteiger charge is -2.18. The number of nitrogens with one attached hydrogen (secondary N) is 3. The summed E-state index contributed by atoms with van der Waals surface area (Å²) in [5, 5.41) is 6.99. The Balaban J connectivity index is 1.56. The van der Waals surface area contributed by atoms with Gasteiger partial charge >= 0.3 is 0 Å². The van der Waals surface area contributed by atoms with Gasteiger partial charge in [0.1, 0.15) is 11.8 Å². The molecule has 0 unspecified atom stereocenters. The molecule has 0 saturated carbocycles. The van der Waals surface area contributed by atoms with Gasteiger partial charge in [-0.05, 0) is 35.9 Å². The average molecular weight is 422 g/mol. The van der Waals surface area contributed by atoms with Crippen LogP contribution in [0.15, 0.2) is 77.5 Å². The molecule has 0 aliphatic rings. The second-order valence-corrected chi connectivity index (χ2v) is 7.27. The Hall–Kier alpha value is -3.51. The molecule has 3 N–H and O–H groups in total. The first-order valence-electron chi connectivity index (χ1n) is 9.52. The Morgan fingerprint density at radius 3 is 2.63 bits per heavy atom. The number of furan rings is 1. The van der Waals surface area contributed by atoms with Crippen molar-refractivity contribution in [3.8, 4) is 0 Å². The first-order chi connectivity index (χ1) is 14.6. The van der Waals surface area contributed by atoms with Crippen molar-refractivity contribution in [2.24, 2.45) is 0 Å². The van der Waals surface area contributed by atoms with Crippen molar-refractivity contribution in [2.45, 2.75) is 19.0 Å². The van der Waals surface area contributed by atoms with E-state index >= 15 is 0 Å². The van der Waals surface area contributed by atoms with Crippen LogP contribution in [-0.2, 0) is 17.8 Å². The highest BCUT2D eigenvalue weighted by atomic mass is 35.5. The molecule has 1 atom stereocenters. The van der Waals surface area contributed by atoms with Gasteiger partial charge in [-0.25, -0.2) is 0 Å². The number of para-hydroxylation sites is 1. The maximum atomic E-state index is 12.9. The van der Waals surface area contributed by atoms with Crippen molar-refractivity contribution in [1.82, 2.24) is 15.6 Å². The van der Waals surface area contributed by atoms with Gasteiger partial charge in [-0.3, -0.25) is 9.59 Å². The quantitative estimate of drug-likeness (QED) is 0.420. The Labute approximate surface area is 178 Å². The van der Waals surface area contributed by atoms with Crippen LogP contribution in [0, 0.1) is 0 Å². The summed E-state index contributed by atoms with van der Waals surface area (Å²) >= 11 is 6.15. The summed E-state index contributed by atoms with van der Waals surface area (Å²) in [7, 11) is 0. The molecule has 0 fully saturated rings. The van der Waals surface area contributed by atoms with E-state index in [0.717, 1.165) is 16.5 Å². The SMILES string of the molecule is O=C(N[C@@H](Cc1c[nH]c2ccccc12)C(=O)NCc1ccco1)c1ccccc1Cl. The number of halogens is 1. The monoisotopic (exact) mass is 421 g/mol. The Bertz CT molecular complexity index is 1170. The predicted molar refractivity (Wildman–Crippen MR) is 115 cm³/mol. The van der Waals surface area contributed by atoms with Crippen molar-refractivity contribution in [3.05, 3.63) is 95.0 Å². The predicted octanol–water partition coefficient (Wildman–Crippen LogP) is 4.07. The first-order valence-corrected chi connectivity index (χ1v) is 9.90. The summed E-state index contributed by atoms with van der Waals surface area (Å²) in [6.07, 6.45) is 3.73. The minimum atomic E-state index is -0.789. The number of amides is 2. The van der Waals surface area contributed by atoms with Crippen molar-refractivity contribution in [2.75, 3.05) is 0 Å². The molecule has 0 saturated heterocycles. The van der Waals surface area contributed by atoms with E-state index in [1.807, 2.05) is 30.5 Å². The highest BCUT2D eigenvalue weighted by Crippen LogP contribution is 2.20. The van der Waals surface area contributed by atoms with Crippen LogP contribution in [0.2, 0.25) is 5.02 Å². The zero-order valence-corrected chi connectivity index (χ0v) is 16.8. The smallest absolute Gasteiger partial charge is 0.253 e. The van der Waals surface area contributed by atoms with E-state index < -0.39 is 11.9 Å². The summed E-state index contributed by atoms with van der Waals surface area (Å²) in [6, 6.07) is 17.3. The molecule has 4 aromatic rings. The Morgan fingerprint density at radius 1 is 1.03 bits per heavy atom. The third kappa shape index (κ3) is 4.39. The highest BCUT2D eigenvalue weighted by molar-refractivity contribution is 6.33. The van der Waals surface area contributed by atoms with Gasteiger partial charge in [0.15, 0.2) is 0 Å². The van der Waals surface area contributed by atoms with Crippen LogP contribution >= 0.6 is 11.6 Å². The minimum absolute atomic E-state index is 0.234. The summed E-state index contributed by atoms with van der Waals surface area (Å²) < 4.78 is 5.27. The molecule has 0 bridgehead atoms. The summed E-state index contributed by atoms with van der Waals surface area (Å²) in [6.45, 7) is 0.234. The number of aromatic nitrogens is 1. The van der Waals surface area contributed by atoms with E-state index in [-0.39, 0.29) is 12.5 Å². The van der Waals surface area contributed by atoms with Gasteiger partial charge in [-0.2, -0.15) is 0 Å². The molecule has 0 aliphatic heterocycles. The van der Waals surface area contributed by atoms with Crippen LogP contribution in [-0.4, -0.2) is 22.8 Å². The van der Waals surface area contributed by atoms with Crippen LogP contribution in [0.5, 0.6) is 0 Å². The fourth-order valence-electron chi connectivity index (χ4n) is 3.32. The molecule has 7 heteroatoms. The van der Waals surface area contributed by atoms with Gasteiger partial charge in [0.05, 0.1) is 23.4 Å². The number of H-pyrrole nitrogens is 1. The van der Waals surface area contributed by atoms with Crippen LogP contribution in [0.3, 0.4) is 0 Å². The molecule has 152 valence electrons. The number of rotatable bonds is 7. The molecule has 30 heavy (non-hydrogen) atoms. The van der Waals surface area contributed by atoms with E-state index in [1.54, 1.807) is 42.7 Å². The van der Waals surface area contributed by atoms with Gasteiger partial charge in [0.2, 0.25) is 5.91 Å². The second kappa shape index (κ2) is 8.88. The maximum Gasteiger partial charge on any atom is 0.253 e. The summed E-state index contributed by atoms with van der Waals surface area (Å²) in [5.41, 5.74) is 2.23. The standard InChI is InChI=1S/C23H20ClN3O3/c24-19-9-3-1-8-18(19)22(28)27-21(23(29)26-14-16-6-5-11-30-16)12-15-13-25-20-10-4-2-7-17(15)20/h1-11,13,21,25H,12,14H2,(H,26,29)(H,27,28)/t21-/m0/s1. The Morgan fingerprint density at radius 2 is 1.83 bits per heavy atom. The number of hydrogen-bond donors (Lipinski definition) is 3. The minimum Gasteiger partial charge on any atom is -0.467 e. The number of carbonyl (C=O) groups excluding carboxylic acids is 2. The van der Waals surface area contributed by atoms with Crippen molar-refractivity contribution < 1.29 is 14.0 Å². The molecule has 2 amide bonds. The zero-order valence-electron chi connectivity index (χ0n) is 16.0. The number of benzene rings is 2. The molecule has 4 rings (SSSR count). The normalized spacial score (nSPS) is 11.9. The van der Waals surface area contributed by atoms with Gasteiger partial charge in [-0.1, -0.05) is 41.9 Å². The van der Waals surface area contributed by atoms with Gasteiger partial charge in [-0.15, -0.1) is 0 Å². The average Bonchev–Trinajstić information content (AvgIpc) is 3.42. The number of hydrogen-bond acceptors (Lipinski definition) is 3. The number of aromatic amines is 1. The van der Waals surface area contributed by atoms with Crippen LogP contribution < -0.4 is 10.6 Å². The van der Waals surface area contributed by atoms with E-state index in [2.05, 4.69) is 15.6 Å². The molecule has 6 nitrogen and oxygen atoms in total. The number of carbonyl (C=O) groups is 2. The van der Waals surface area contributed by atoms with E-state index in [0.29, 0.717) is 22.8 Å². The van der Waals surface area contributed by atoms with E-state index in [4.69, 9.17) is 16.0 Å². The summed E-state index contributed by atoms with van der Waals surface area (Å²) in [5.74, 6) is -0.0812. The lowest BCUT2D eigenvalue weighted by atomic mass is 10.0. The summed E-state index contributed by atoms with van der Waals surface area (Å²) in [4.78, 5) is 28.9. The maximum absolute atomic E-state index is 12.9. The number of fused-ring (bicyclic) bond motifs is 1. The third-order valence-corrected chi connectivity index (χ3v) is 5.19. The molecular formula is C23H20ClN3O3. The highest BCUT2D eigenvalue weighted by Gasteiger charge is 2.24. The van der Waals surface area contributed by atoms with Gasteiger partial charge < -0.3 is 20.0 Å². The fourth-order valence-corrected chi connectivity index (χ4v) is 3.54. The first kappa shape index (κ1) is 19.8. The van der Waals surface area contributed by atoms with Crippen LogP contribution in [0.25, 0.3) is 10.9 Å². The zero-order chi connectivity index (χ0) is 20.9. The van der Waals surface area contributed by atoms with E-state index in [9.17, 15) is 9.59 Å². The fraction of sp³-hybridized carbons (Fsp3) is 0.130. The van der Waals surface area contributed by atoms with Crippen molar-refractivity contribution in [1.29, 1.82) is 0 Å². The van der Waals surface area contributed by atoms with Gasteiger partial charge in [0, 0.05) is 23.5 Å². The molecule has 2 aromatic heterocycles. The molecule has 0 radical (unpaired) electrons. The van der Waals surface area contributed by atoms with Gasteiger partial charge in [0.25, 0.3) is 5.91 Å². The van der Waals surface area contributed by atoms with Crippen molar-refractivity contribution in [3.63, 3.8) is 0 Å². The largest absolute Gasteiger partial charge is 0.467 e. The van der Waals surface area contributed by atoms with Crippen molar-refractivity contribution >= 4 is 34.3 Å². The topological polar surface area (TPSA) is 87.1 Å². The molecule has 0 aliphatic carbocycles. The molecular weight excluding hydrogens is 402 g/mol. The molecule has 0 spiro atoms. The van der Waals surface area contributed by atoms with E-state index in [1.165, 1.54) is 0 Å². The molecule has 2 aromatic carbocycles. The van der Waals surface area contributed by atoms with Crippen LogP contribution in [0.1, 0.15) is 21.7 Å². The third-order valence-electron chi connectivity index (χ3n) is 4.86. The lowest BCUT2D eigenvalue weighted by Crippen LogP contribution is -2.47.